The molecule has 8 heteroatoms. The van der Waals surface area contributed by atoms with E-state index in [0.29, 0.717) is 11.3 Å². The molecule has 1 aliphatic heterocycles. The first kappa shape index (κ1) is 27.4. The lowest BCUT2D eigenvalue weighted by Gasteiger charge is -2.31. The summed E-state index contributed by atoms with van der Waals surface area (Å²) in [6, 6.07) is 0. The first-order valence-corrected chi connectivity index (χ1v) is 12.2. The van der Waals surface area contributed by atoms with E-state index in [1.54, 1.807) is 7.11 Å². The van der Waals surface area contributed by atoms with Gasteiger partial charge in [-0.1, -0.05) is 12.8 Å². The van der Waals surface area contributed by atoms with Gasteiger partial charge in [-0.05, 0) is 77.3 Å². The number of aliphatic imine (C=N–C) groups is 1. The van der Waals surface area contributed by atoms with Crippen molar-refractivity contribution in [2.45, 2.75) is 72.3 Å². The summed E-state index contributed by atoms with van der Waals surface area (Å²) >= 11 is 0. The number of oxazole rings is 1. The Morgan fingerprint density at radius 2 is 1.94 bits per heavy atom. The fourth-order valence-electron chi connectivity index (χ4n) is 4.91. The van der Waals surface area contributed by atoms with Gasteiger partial charge in [0, 0.05) is 33.4 Å². The van der Waals surface area contributed by atoms with E-state index in [9.17, 15) is 0 Å². The van der Waals surface area contributed by atoms with Gasteiger partial charge in [-0.3, -0.25) is 9.89 Å². The molecule has 2 heterocycles. The van der Waals surface area contributed by atoms with Gasteiger partial charge in [-0.25, -0.2) is 4.98 Å². The summed E-state index contributed by atoms with van der Waals surface area (Å²) in [5.74, 6) is 3.44. The first-order chi connectivity index (χ1) is 15.0. The minimum atomic E-state index is 0. The predicted molar refractivity (Wildman–Crippen MR) is 141 cm³/mol. The zero-order valence-corrected chi connectivity index (χ0v) is 22.9. The SMILES string of the molecule is CCNC(=NCC1(CCOC)CCCC1)NCC1CCN(Cc2nc(C)c(C)o2)CC1.I. The molecule has 1 aromatic rings. The number of guanidine groups is 1. The molecular weight excluding hydrogens is 517 g/mol. The van der Waals surface area contributed by atoms with E-state index in [-0.39, 0.29) is 24.0 Å². The number of likely N-dealkylation sites (tertiary alicyclic amines) is 1. The highest BCUT2D eigenvalue weighted by Gasteiger charge is 2.33. The number of nitrogens with zero attached hydrogens (tertiary/aromatic N) is 3. The zero-order chi connectivity index (χ0) is 22.1. The van der Waals surface area contributed by atoms with Crippen molar-refractivity contribution in [3.8, 4) is 0 Å². The topological polar surface area (TPSA) is 74.9 Å². The van der Waals surface area contributed by atoms with Crippen molar-refractivity contribution < 1.29 is 9.15 Å². The van der Waals surface area contributed by atoms with Gasteiger partial charge in [0.25, 0.3) is 0 Å². The van der Waals surface area contributed by atoms with Crippen LogP contribution in [0.2, 0.25) is 0 Å². The van der Waals surface area contributed by atoms with Crippen LogP contribution in [0.1, 0.15) is 69.2 Å². The van der Waals surface area contributed by atoms with Crippen LogP contribution in [0.5, 0.6) is 0 Å². The molecule has 1 aromatic heterocycles. The number of hydrogen-bond donors (Lipinski definition) is 2. The summed E-state index contributed by atoms with van der Waals surface area (Å²) in [4.78, 5) is 12.0. The van der Waals surface area contributed by atoms with E-state index in [0.717, 1.165) is 75.6 Å². The Labute approximate surface area is 211 Å². The van der Waals surface area contributed by atoms with Crippen molar-refractivity contribution >= 4 is 29.9 Å². The molecule has 0 aromatic carbocycles. The van der Waals surface area contributed by atoms with Gasteiger partial charge in [0.15, 0.2) is 5.96 Å². The molecule has 32 heavy (non-hydrogen) atoms. The molecule has 2 aliphatic rings. The summed E-state index contributed by atoms with van der Waals surface area (Å²) in [5.41, 5.74) is 1.34. The van der Waals surface area contributed by atoms with Crippen molar-refractivity contribution in [3.05, 3.63) is 17.3 Å². The van der Waals surface area contributed by atoms with E-state index >= 15 is 0 Å². The van der Waals surface area contributed by atoms with Crippen molar-refractivity contribution in [2.24, 2.45) is 16.3 Å². The Bertz CT molecular complexity index is 675. The summed E-state index contributed by atoms with van der Waals surface area (Å²) in [5, 5.41) is 7.07. The minimum absolute atomic E-state index is 0. The molecular formula is C24H44IN5O2. The number of piperidine rings is 1. The molecule has 0 amide bonds. The van der Waals surface area contributed by atoms with Crippen LogP contribution < -0.4 is 10.6 Å². The number of nitrogens with one attached hydrogen (secondary N) is 2. The average molecular weight is 562 g/mol. The molecule has 2 N–H and O–H groups in total. The van der Waals surface area contributed by atoms with Crippen LogP contribution in [0.15, 0.2) is 9.41 Å². The second kappa shape index (κ2) is 13.7. The number of aromatic nitrogens is 1. The van der Waals surface area contributed by atoms with Gasteiger partial charge in [0.1, 0.15) is 5.76 Å². The van der Waals surface area contributed by atoms with E-state index in [1.165, 1.54) is 38.5 Å². The maximum atomic E-state index is 5.75. The van der Waals surface area contributed by atoms with E-state index < -0.39 is 0 Å². The highest BCUT2D eigenvalue weighted by atomic mass is 127. The summed E-state index contributed by atoms with van der Waals surface area (Å²) in [6.45, 7) is 12.8. The Balaban J connectivity index is 0.00000363. The molecule has 0 atom stereocenters. The van der Waals surface area contributed by atoms with E-state index in [2.05, 4.69) is 27.4 Å². The standard InChI is InChI=1S/C24H43N5O2.HI/c1-5-25-23(27-18-24(12-15-30-4)10-6-7-11-24)26-16-21-8-13-29(14-9-21)17-22-28-19(2)20(3)31-22;/h21H,5-18H2,1-4H3,(H2,25,26,27);1H. The molecule has 0 bridgehead atoms. The van der Waals surface area contributed by atoms with Crippen LogP contribution in [-0.2, 0) is 11.3 Å². The Morgan fingerprint density at radius 3 is 2.53 bits per heavy atom. The van der Waals surface area contributed by atoms with Gasteiger partial charge in [0.2, 0.25) is 5.89 Å². The number of ether oxygens (including phenoxy) is 1. The van der Waals surface area contributed by atoms with Gasteiger partial charge in [-0.15, -0.1) is 24.0 Å². The summed E-state index contributed by atoms with van der Waals surface area (Å²) < 4.78 is 11.1. The van der Waals surface area contributed by atoms with Gasteiger partial charge >= 0.3 is 0 Å². The maximum absolute atomic E-state index is 5.75. The van der Waals surface area contributed by atoms with Crippen LogP contribution in [0.25, 0.3) is 0 Å². The molecule has 7 nitrogen and oxygen atoms in total. The molecule has 0 unspecified atom stereocenters. The van der Waals surface area contributed by atoms with Gasteiger partial charge in [0.05, 0.1) is 12.2 Å². The lowest BCUT2D eigenvalue weighted by atomic mass is 9.83. The van der Waals surface area contributed by atoms with Crippen LogP contribution >= 0.6 is 24.0 Å². The van der Waals surface area contributed by atoms with Crippen molar-refractivity contribution in [1.82, 2.24) is 20.5 Å². The minimum Gasteiger partial charge on any atom is -0.444 e. The molecule has 184 valence electrons. The average Bonchev–Trinajstić information content (AvgIpc) is 3.36. The number of aryl methyl sites for hydroxylation is 2. The number of hydrogen-bond acceptors (Lipinski definition) is 5. The second-order valence-electron chi connectivity index (χ2n) is 9.49. The molecule has 1 saturated carbocycles. The van der Waals surface area contributed by atoms with Crippen LogP contribution in [0.4, 0.5) is 0 Å². The van der Waals surface area contributed by atoms with Crippen LogP contribution in [0, 0.1) is 25.2 Å². The lowest BCUT2D eigenvalue weighted by molar-refractivity contribution is 0.141. The summed E-state index contributed by atoms with van der Waals surface area (Å²) in [7, 11) is 1.80. The Hall–Kier alpha value is -0.870. The largest absolute Gasteiger partial charge is 0.444 e. The lowest BCUT2D eigenvalue weighted by Crippen LogP contribution is -2.43. The van der Waals surface area contributed by atoms with Crippen molar-refractivity contribution in [3.63, 3.8) is 0 Å². The smallest absolute Gasteiger partial charge is 0.208 e. The monoisotopic (exact) mass is 561 g/mol. The number of methoxy groups -OCH3 is 1. The zero-order valence-electron chi connectivity index (χ0n) is 20.5. The van der Waals surface area contributed by atoms with Gasteiger partial charge < -0.3 is 19.8 Å². The van der Waals surface area contributed by atoms with Gasteiger partial charge in [-0.2, -0.15) is 0 Å². The Kier molecular flexibility index (Phi) is 11.8. The molecule has 3 rings (SSSR count). The molecule has 1 aliphatic carbocycles. The summed E-state index contributed by atoms with van der Waals surface area (Å²) in [6.07, 6.45) is 8.73. The maximum Gasteiger partial charge on any atom is 0.208 e. The third kappa shape index (κ3) is 8.17. The van der Waals surface area contributed by atoms with Crippen LogP contribution in [-0.4, -0.2) is 62.3 Å². The first-order valence-electron chi connectivity index (χ1n) is 12.2. The van der Waals surface area contributed by atoms with Crippen molar-refractivity contribution in [2.75, 3.05) is 46.4 Å². The van der Waals surface area contributed by atoms with Crippen LogP contribution in [0.3, 0.4) is 0 Å². The normalized spacial score (nSPS) is 19.7. The highest BCUT2D eigenvalue weighted by Crippen LogP contribution is 2.41. The molecule has 1 saturated heterocycles. The van der Waals surface area contributed by atoms with E-state index in [1.807, 2.05) is 13.8 Å². The number of rotatable bonds is 10. The fourth-order valence-corrected chi connectivity index (χ4v) is 4.91. The number of halogens is 1. The second-order valence-corrected chi connectivity index (χ2v) is 9.49. The van der Waals surface area contributed by atoms with E-state index in [4.69, 9.17) is 14.1 Å². The molecule has 2 fully saturated rings. The predicted octanol–water partition coefficient (Wildman–Crippen LogP) is 4.27. The highest BCUT2D eigenvalue weighted by molar-refractivity contribution is 14.0. The molecule has 0 radical (unpaired) electrons. The Morgan fingerprint density at radius 1 is 1.22 bits per heavy atom. The third-order valence-corrected chi connectivity index (χ3v) is 7.11. The fraction of sp³-hybridized carbons (Fsp3) is 0.833. The van der Waals surface area contributed by atoms with Crippen molar-refractivity contribution in [1.29, 1.82) is 0 Å². The quantitative estimate of drug-likeness (QED) is 0.253. The molecule has 0 spiro atoms. The third-order valence-electron chi connectivity index (χ3n) is 7.11.